The van der Waals surface area contributed by atoms with Crippen LogP contribution in [-0.2, 0) is 19.1 Å². The predicted octanol–water partition coefficient (Wildman–Crippen LogP) is 0.134. The summed E-state index contributed by atoms with van der Waals surface area (Å²) in [5, 5.41) is 10.7. The van der Waals surface area contributed by atoms with Crippen LogP contribution >= 0.6 is 0 Å². The molecule has 1 aromatic heterocycles. The Morgan fingerprint density at radius 3 is 2.29 bits per heavy atom. The number of aromatic nitrogens is 3. The number of carbonyl (C=O) groups excluding carboxylic acids is 4. The molecule has 0 bridgehead atoms. The van der Waals surface area contributed by atoms with Crippen LogP contribution in [-0.4, -0.2) is 120 Å². The first-order valence-corrected chi connectivity index (χ1v) is 17.0. The molecule has 4 aliphatic heterocycles. The van der Waals surface area contributed by atoms with Crippen LogP contribution in [0.25, 0.3) is 10.9 Å². The van der Waals surface area contributed by atoms with Gasteiger partial charge in [-0.05, 0) is 61.7 Å². The minimum absolute atomic E-state index is 0.108. The summed E-state index contributed by atoms with van der Waals surface area (Å²) in [4.78, 5) is 70.5. The van der Waals surface area contributed by atoms with Crippen molar-refractivity contribution in [3.05, 3.63) is 58.4 Å². The molecule has 15 nitrogen and oxygen atoms in total. The van der Waals surface area contributed by atoms with Gasteiger partial charge < -0.3 is 25.2 Å². The molecule has 5 heterocycles. The smallest absolute Gasteiger partial charge is 0.278 e. The minimum atomic E-state index is -0.879. The maximum absolute atomic E-state index is 13.3. The topological polar surface area (TPSA) is 176 Å². The average molecular weight is 672 g/mol. The van der Waals surface area contributed by atoms with Crippen molar-refractivity contribution < 1.29 is 23.9 Å². The lowest BCUT2D eigenvalue weighted by atomic mass is 9.95. The molecule has 0 spiro atoms. The summed E-state index contributed by atoms with van der Waals surface area (Å²) in [6.07, 6.45) is 2.12. The maximum atomic E-state index is 13.3. The highest BCUT2D eigenvalue weighted by Gasteiger charge is 2.37. The third kappa shape index (κ3) is 6.99. The number of nitrogens with one attached hydrogen (secondary N) is 1. The van der Waals surface area contributed by atoms with Crippen molar-refractivity contribution >= 4 is 45.9 Å². The SMILES string of the molecule is NC(=O)c1ccc(N2CCN(CCOC3CCN(C(=O)C4CN(c5ccc6nnn(C7CCC(=O)NC7=O)c(=O)c6c5)C4)CC3)CC2)cc1. The number of primary amides is 1. The highest BCUT2D eigenvalue weighted by Crippen LogP contribution is 2.29. The van der Waals surface area contributed by atoms with Crippen molar-refractivity contribution in [1.29, 1.82) is 0 Å². The first-order valence-electron chi connectivity index (χ1n) is 17.0. The zero-order chi connectivity index (χ0) is 34.1. The van der Waals surface area contributed by atoms with Crippen molar-refractivity contribution in [2.75, 3.05) is 75.3 Å². The number of hydrogen-bond donors (Lipinski definition) is 2. The summed E-state index contributed by atoms with van der Waals surface area (Å²) in [5.74, 6) is -1.29. The molecule has 0 aliphatic carbocycles. The second kappa shape index (κ2) is 13.9. The number of rotatable bonds is 9. The first kappa shape index (κ1) is 32.6. The molecule has 7 rings (SSSR count). The molecule has 4 saturated heterocycles. The minimum Gasteiger partial charge on any atom is -0.377 e. The fourth-order valence-corrected chi connectivity index (χ4v) is 7.12. The van der Waals surface area contributed by atoms with Gasteiger partial charge in [-0.1, -0.05) is 5.21 Å². The van der Waals surface area contributed by atoms with Crippen molar-refractivity contribution in [2.45, 2.75) is 37.8 Å². The zero-order valence-corrected chi connectivity index (χ0v) is 27.3. The van der Waals surface area contributed by atoms with Gasteiger partial charge in [0, 0.05) is 82.3 Å². The molecule has 1 atom stereocenters. The third-order valence-electron chi connectivity index (χ3n) is 10.2. The van der Waals surface area contributed by atoms with Crippen LogP contribution in [0.5, 0.6) is 0 Å². The van der Waals surface area contributed by atoms with Gasteiger partial charge >= 0.3 is 0 Å². The van der Waals surface area contributed by atoms with Gasteiger partial charge in [0.2, 0.25) is 17.7 Å². The number of imide groups is 1. The lowest BCUT2D eigenvalue weighted by Gasteiger charge is -2.43. The van der Waals surface area contributed by atoms with E-state index in [9.17, 15) is 24.0 Å². The number of carbonyl (C=O) groups is 4. The van der Waals surface area contributed by atoms with Crippen LogP contribution in [0.2, 0.25) is 0 Å². The molecule has 4 fully saturated rings. The summed E-state index contributed by atoms with van der Waals surface area (Å²) in [6.45, 7) is 7.74. The van der Waals surface area contributed by atoms with Crippen molar-refractivity contribution in [2.24, 2.45) is 11.7 Å². The number of hydrogen-bond acceptors (Lipinski definition) is 11. The maximum Gasteiger partial charge on any atom is 0.278 e. The number of likely N-dealkylation sites (tertiary alicyclic amines) is 1. The Bertz CT molecular complexity index is 1790. The third-order valence-corrected chi connectivity index (χ3v) is 10.2. The molecule has 0 radical (unpaired) electrons. The Morgan fingerprint density at radius 1 is 0.878 bits per heavy atom. The molecule has 258 valence electrons. The van der Waals surface area contributed by atoms with E-state index in [4.69, 9.17) is 10.5 Å². The summed E-state index contributed by atoms with van der Waals surface area (Å²) >= 11 is 0. The fourth-order valence-electron chi connectivity index (χ4n) is 7.12. The van der Waals surface area contributed by atoms with Crippen LogP contribution in [0, 0.1) is 5.92 Å². The molecule has 1 unspecified atom stereocenters. The van der Waals surface area contributed by atoms with Crippen molar-refractivity contribution in [1.82, 2.24) is 30.1 Å². The Hall–Kier alpha value is -4.89. The number of nitrogens with zero attached hydrogens (tertiary/aromatic N) is 7. The monoisotopic (exact) mass is 671 g/mol. The van der Waals surface area contributed by atoms with Crippen LogP contribution < -0.4 is 26.4 Å². The summed E-state index contributed by atoms with van der Waals surface area (Å²) in [7, 11) is 0. The summed E-state index contributed by atoms with van der Waals surface area (Å²) < 4.78 is 7.28. The van der Waals surface area contributed by atoms with E-state index in [1.165, 1.54) is 0 Å². The van der Waals surface area contributed by atoms with Gasteiger partial charge in [0.05, 0.1) is 24.0 Å². The van der Waals surface area contributed by atoms with Crippen LogP contribution in [0.1, 0.15) is 42.1 Å². The van der Waals surface area contributed by atoms with Crippen LogP contribution in [0.3, 0.4) is 0 Å². The van der Waals surface area contributed by atoms with Crippen LogP contribution in [0.4, 0.5) is 11.4 Å². The second-order valence-electron chi connectivity index (χ2n) is 13.2. The standard InChI is InChI=1S/C34H41N9O6/c35-31(45)22-1-3-24(4-2-22)40-15-13-39(14-16-40)17-18-49-26-9-11-41(12-10-26)33(47)23-20-42(21-23)25-5-6-28-27(19-25)34(48)43(38-37-28)29-7-8-30(44)36-32(29)46/h1-6,19,23,26,29H,7-18,20-21H2,(H2,35,45)(H,36,44,46). The van der Waals surface area contributed by atoms with Crippen molar-refractivity contribution in [3.63, 3.8) is 0 Å². The van der Waals surface area contributed by atoms with E-state index in [2.05, 4.69) is 30.3 Å². The number of piperazine rings is 1. The number of piperidine rings is 2. The normalized spacial score (nSPS) is 21.1. The molecular weight excluding hydrogens is 630 g/mol. The summed E-state index contributed by atoms with van der Waals surface area (Å²) in [5.41, 5.74) is 7.76. The zero-order valence-electron chi connectivity index (χ0n) is 27.3. The highest BCUT2D eigenvalue weighted by molar-refractivity contribution is 5.99. The molecular formula is C34H41N9O6. The Labute approximate surface area is 282 Å². The molecule has 0 saturated carbocycles. The number of amides is 4. The van der Waals surface area contributed by atoms with Gasteiger partial charge in [-0.15, -0.1) is 5.10 Å². The number of fused-ring (bicyclic) bond motifs is 1. The largest absolute Gasteiger partial charge is 0.377 e. The van der Waals surface area contributed by atoms with Gasteiger partial charge in [-0.2, -0.15) is 4.68 Å². The molecule has 3 aromatic rings. The highest BCUT2D eigenvalue weighted by atomic mass is 16.5. The van der Waals surface area contributed by atoms with E-state index in [0.29, 0.717) is 49.3 Å². The molecule has 4 aliphatic rings. The lowest BCUT2D eigenvalue weighted by molar-refractivity contribution is -0.139. The lowest BCUT2D eigenvalue weighted by Crippen LogP contribution is -2.56. The van der Waals surface area contributed by atoms with E-state index >= 15 is 0 Å². The Morgan fingerprint density at radius 2 is 1.59 bits per heavy atom. The molecule has 3 N–H and O–H groups in total. The first-order chi connectivity index (χ1) is 23.7. The quantitative estimate of drug-likeness (QED) is 0.296. The van der Waals surface area contributed by atoms with Crippen LogP contribution in [0.15, 0.2) is 47.3 Å². The van der Waals surface area contributed by atoms with E-state index in [1.54, 1.807) is 24.3 Å². The van der Waals surface area contributed by atoms with Gasteiger partial charge in [-0.25, -0.2) is 0 Å². The van der Waals surface area contributed by atoms with E-state index in [0.717, 1.165) is 61.6 Å². The number of benzene rings is 2. The molecule has 49 heavy (non-hydrogen) atoms. The van der Waals surface area contributed by atoms with E-state index in [-0.39, 0.29) is 36.7 Å². The van der Waals surface area contributed by atoms with E-state index in [1.807, 2.05) is 23.1 Å². The average Bonchev–Trinajstić information content (AvgIpc) is 3.09. The summed E-state index contributed by atoms with van der Waals surface area (Å²) in [6, 6.07) is 11.9. The van der Waals surface area contributed by atoms with E-state index < -0.39 is 23.4 Å². The fraction of sp³-hybridized carbons (Fsp3) is 0.500. The molecule has 15 heteroatoms. The number of anilines is 2. The van der Waals surface area contributed by atoms with Gasteiger partial charge in [0.25, 0.3) is 11.5 Å². The molecule has 4 amide bonds. The van der Waals surface area contributed by atoms with Gasteiger partial charge in [0.15, 0.2) is 0 Å². The Kier molecular flexibility index (Phi) is 9.27. The second-order valence-corrected chi connectivity index (χ2v) is 13.2. The van der Waals surface area contributed by atoms with Gasteiger partial charge in [-0.3, -0.25) is 34.2 Å². The predicted molar refractivity (Wildman–Crippen MR) is 180 cm³/mol. The number of ether oxygens (including phenoxy) is 1. The van der Waals surface area contributed by atoms with Crippen molar-refractivity contribution in [3.8, 4) is 0 Å². The Balaban J connectivity index is 0.833. The molecule has 2 aromatic carbocycles. The number of nitrogens with two attached hydrogens (primary N) is 1. The van der Waals surface area contributed by atoms with Gasteiger partial charge in [0.1, 0.15) is 11.6 Å².